The van der Waals surface area contributed by atoms with E-state index in [1.165, 1.54) is 0 Å². The molecule has 2 fully saturated rings. The molecule has 2 aliphatic rings. The Morgan fingerprint density at radius 3 is 2.29 bits per heavy atom. The fourth-order valence-corrected chi connectivity index (χ4v) is 6.96. The highest BCUT2D eigenvalue weighted by atomic mass is 19.4. The van der Waals surface area contributed by atoms with E-state index >= 15 is 4.39 Å². The van der Waals surface area contributed by atoms with Crippen LogP contribution in [0.3, 0.4) is 0 Å². The maximum atomic E-state index is 16.0. The number of carboxylic acids is 1. The monoisotopic (exact) mass is 683 g/mol. The number of aliphatic carboxylic acids is 1. The first kappa shape index (κ1) is 36.3. The number of halogens is 4. The number of alkyl halides is 3. The van der Waals surface area contributed by atoms with E-state index in [0.29, 0.717) is 24.1 Å². The summed E-state index contributed by atoms with van der Waals surface area (Å²) in [5, 5.41) is 12.6. The molecule has 2 unspecified atom stereocenters. The van der Waals surface area contributed by atoms with Gasteiger partial charge < -0.3 is 19.9 Å². The SMILES string of the molecule is Cc1cc(C)c(-c2cc(C)c(F)c(C(CC(=O)O)NC(=O)C(CC(C)C)n3cc(CCN4CCC4)c(C(F)(F)F)cc3=O)c2)c(C2CC2)c1. The lowest BCUT2D eigenvalue weighted by molar-refractivity contribution is -0.139. The molecule has 1 aliphatic carbocycles. The summed E-state index contributed by atoms with van der Waals surface area (Å²) in [7, 11) is 0. The van der Waals surface area contributed by atoms with Gasteiger partial charge in [0, 0.05) is 24.4 Å². The molecule has 264 valence electrons. The molecule has 1 aliphatic heterocycles. The van der Waals surface area contributed by atoms with Gasteiger partial charge >= 0.3 is 12.1 Å². The smallest absolute Gasteiger partial charge is 0.416 e. The summed E-state index contributed by atoms with van der Waals surface area (Å²) in [6, 6.07) is 5.46. The summed E-state index contributed by atoms with van der Waals surface area (Å²) in [5.41, 5.74) is 3.07. The first-order valence-corrected chi connectivity index (χ1v) is 17.0. The molecule has 1 aromatic heterocycles. The Labute approximate surface area is 284 Å². The van der Waals surface area contributed by atoms with Crippen molar-refractivity contribution in [2.75, 3.05) is 19.6 Å². The molecular weight excluding hydrogens is 638 g/mol. The second kappa shape index (κ2) is 14.5. The largest absolute Gasteiger partial charge is 0.481 e. The minimum Gasteiger partial charge on any atom is -0.481 e. The molecule has 1 saturated carbocycles. The van der Waals surface area contributed by atoms with E-state index < -0.39 is 53.5 Å². The van der Waals surface area contributed by atoms with Crippen LogP contribution in [-0.2, 0) is 22.2 Å². The number of hydrogen-bond acceptors (Lipinski definition) is 4. The second-order valence-corrected chi connectivity index (χ2v) is 14.2. The highest BCUT2D eigenvalue weighted by Crippen LogP contribution is 2.46. The zero-order valence-electron chi connectivity index (χ0n) is 28.7. The number of carbonyl (C=O) groups excluding carboxylic acids is 1. The fraction of sp³-hybridized carbons (Fsp3) is 0.500. The number of likely N-dealkylation sites (tertiary alicyclic amines) is 1. The first-order valence-electron chi connectivity index (χ1n) is 17.0. The van der Waals surface area contributed by atoms with Crippen molar-refractivity contribution in [3.05, 3.63) is 91.6 Å². The van der Waals surface area contributed by atoms with E-state index in [-0.39, 0.29) is 35.4 Å². The highest BCUT2D eigenvalue weighted by Gasteiger charge is 2.36. The van der Waals surface area contributed by atoms with E-state index in [2.05, 4.69) is 11.4 Å². The number of nitrogens with zero attached hydrogens (tertiary/aromatic N) is 2. The van der Waals surface area contributed by atoms with Crippen LogP contribution in [0.5, 0.6) is 0 Å². The molecule has 2 heterocycles. The number of amides is 1. The van der Waals surface area contributed by atoms with E-state index in [4.69, 9.17) is 0 Å². The Bertz CT molecular complexity index is 1790. The molecule has 5 rings (SSSR count). The highest BCUT2D eigenvalue weighted by molar-refractivity contribution is 5.82. The molecule has 1 saturated heterocycles. The lowest BCUT2D eigenvalue weighted by Crippen LogP contribution is -2.41. The summed E-state index contributed by atoms with van der Waals surface area (Å²) in [5.74, 6) is -2.50. The maximum Gasteiger partial charge on any atom is 0.416 e. The van der Waals surface area contributed by atoms with Crippen molar-refractivity contribution in [2.45, 2.75) is 97.3 Å². The van der Waals surface area contributed by atoms with Crippen molar-refractivity contribution in [3.8, 4) is 11.1 Å². The van der Waals surface area contributed by atoms with Gasteiger partial charge in [-0.3, -0.25) is 14.4 Å². The van der Waals surface area contributed by atoms with Crippen molar-refractivity contribution in [1.82, 2.24) is 14.8 Å². The van der Waals surface area contributed by atoms with Gasteiger partial charge in [0.05, 0.1) is 18.0 Å². The van der Waals surface area contributed by atoms with Gasteiger partial charge in [0.25, 0.3) is 5.56 Å². The Balaban J connectivity index is 1.55. The molecule has 0 radical (unpaired) electrons. The zero-order chi connectivity index (χ0) is 35.8. The zero-order valence-corrected chi connectivity index (χ0v) is 28.7. The van der Waals surface area contributed by atoms with Gasteiger partial charge in [0.2, 0.25) is 5.91 Å². The predicted molar refractivity (Wildman–Crippen MR) is 180 cm³/mol. The molecule has 11 heteroatoms. The average molecular weight is 684 g/mol. The predicted octanol–water partition coefficient (Wildman–Crippen LogP) is 7.64. The number of aryl methyl sites for hydroxylation is 3. The number of nitrogens with one attached hydrogen (secondary N) is 1. The minimum atomic E-state index is -4.76. The third-order valence-electron chi connectivity index (χ3n) is 9.62. The van der Waals surface area contributed by atoms with Gasteiger partial charge in [-0.2, -0.15) is 13.2 Å². The van der Waals surface area contributed by atoms with Gasteiger partial charge in [0.1, 0.15) is 11.9 Å². The summed E-state index contributed by atoms with van der Waals surface area (Å²) in [6.07, 6.45) is -1.12. The van der Waals surface area contributed by atoms with E-state index in [1.54, 1.807) is 19.1 Å². The number of benzene rings is 2. The molecular formula is C38H45F4N3O4. The fourth-order valence-electron chi connectivity index (χ4n) is 6.96. The van der Waals surface area contributed by atoms with Crippen LogP contribution < -0.4 is 10.9 Å². The van der Waals surface area contributed by atoms with Gasteiger partial charge in [0.15, 0.2) is 0 Å². The van der Waals surface area contributed by atoms with E-state index in [1.807, 2.05) is 38.7 Å². The second-order valence-electron chi connectivity index (χ2n) is 14.2. The normalized spacial score (nSPS) is 16.4. The number of rotatable bonds is 13. The van der Waals surface area contributed by atoms with Crippen molar-refractivity contribution in [2.24, 2.45) is 5.92 Å². The molecule has 2 N–H and O–H groups in total. The molecule has 0 spiro atoms. The summed E-state index contributed by atoms with van der Waals surface area (Å²) >= 11 is 0. The van der Waals surface area contributed by atoms with Crippen LogP contribution in [0.25, 0.3) is 11.1 Å². The number of aromatic nitrogens is 1. The average Bonchev–Trinajstić information content (AvgIpc) is 3.81. The van der Waals surface area contributed by atoms with E-state index in [9.17, 15) is 32.7 Å². The van der Waals surface area contributed by atoms with Gasteiger partial charge in [-0.1, -0.05) is 31.5 Å². The lowest BCUT2D eigenvalue weighted by atomic mass is 9.87. The van der Waals surface area contributed by atoms with Gasteiger partial charge in [-0.25, -0.2) is 4.39 Å². The number of carbonyl (C=O) groups is 2. The van der Waals surface area contributed by atoms with Crippen LogP contribution in [0.2, 0.25) is 0 Å². The number of pyridine rings is 1. The minimum absolute atomic E-state index is 0.00854. The standard InChI is InChI=1S/C38H45F4N3O4/c1-21(2)13-32(45-20-26(9-12-44-10-6-11-44)30(18-33(45)46)38(40,41)42)37(49)43-31(19-34(47)48)29-17-27(16-24(5)36(29)39)35-23(4)14-22(3)15-28(35)25-7-8-25/h14-18,20-21,25,31-32H,6-13,19H2,1-5H3,(H,43,49)(H,47,48). The molecule has 2 aromatic carbocycles. The van der Waals surface area contributed by atoms with Crippen LogP contribution in [0.15, 0.2) is 41.3 Å². The van der Waals surface area contributed by atoms with Gasteiger partial charge in [-0.05, 0) is 123 Å². The summed E-state index contributed by atoms with van der Waals surface area (Å²) in [4.78, 5) is 41.5. The van der Waals surface area contributed by atoms with Crippen LogP contribution in [0, 0.1) is 32.5 Å². The quantitative estimate of drug-likeness (QED) is 0.181. The van der Waals surface area contributed by atoms with Crippen molar-refractivity contribution in [3.63, 3.8) is 0 Å². The van der Waals surface area contributed by atoms with Crippen molar-refractivity contribution >= 4 is 11.9 Å². The van der Waals surface area contributed by atoms with Crippen LogP contribution in [0.4, 0.5) is 17.6 Å². The van der Waals surface area contributed by atoms with Gasteiger partial charge in [-0.15, -0.1) is 0 Å². The lowest BCUT2D eigenvalue weighted by Gasteiger charge is -2.31. The third kappa shape index (κ3) is 8.43. The Morgan fingerprint density at radius 1 is 1.02 bits per heavy atom. The third-order valence-corrected chi connectivity index (χ3v) is 9.62. The molecule has 0 bridgehead atoms. The molecule has 1 amide bonds. The Hall–Kier alpha value is -3.99. The summed E-state index contributed by atoms with van der Waals surface area (Å²) in [6.45, 7) is 11.2. The van der Waals surface area contributed by atoms with Crippen molar-refractivity contribution < 1.29 is 32.3 Å². The van der Waals surface area contributed by atoms with Crippen LogP contribution >= 0.6 is 0 Å². The Morgan fingerprint density at radius 2 is 1.71 bits per heavy atom. The van der Waals surface area contributed by atoms with Crippen molar-refractivity contribution in [1.29, 1.82) is 0 Å². The Kier molecular flexibility index (Phi) is 10.7. The maximum absolute atomic E-state index is 16.0. The summed E-state index contributed by atoms with van der Waals surface area (Å²) < 4.78 is 59.1. The molecule has 3 aromatic rings. The van der Waals surface area contributed by atoms with E-state index in [0.717, 1.165) is 65.4 Å². The topological polar surface area (TPSA) is 91.6 Å². The first-order chi connectivity index (χ1) is 23.0. The molecule has 49 heavy (non-hydrogen) atoms. The molecule has 7 nitrogen and oxygen atoms in total. The molecule has 2 atom stereocenters. The number of carboxylic acid groups (broad SMARTS) is 1. The number of hydrogen-bond donors (Lipinski definition) is 2. The van der Waals surface area contributed by atoms with Crippen LogP contribution in [0.1, 0.15) is 103 Å². The van der Waals surface area contributed by atoms with Crippen LogP contribution in [-0.4, -0.2) is 46.1 Å².